The number of carbonyl (C=O) groups excluding carboxylic acids is 2. The molecule has 0 radical (unpaired) electrons. The van der Waals surface area contributed by atoms with Gasteiger partial charge in [-0.1, -0.05) is 19.4 Å². The lowest BCUT2D eigenvalue weighted by molar-refractivity contribution is -0.129. The third-order valence-corrected chi connectivity index (χ3v) is 8.95. The number of aryl methyl sites for hydroxylation is 1. The molecule has 2 aromatic carbocycles. The van der Waals surface area contributed by atoms with Gasteiger partial charge in [-0.05, 0) is 110 Å². The molecule has 180 valence electrons. The van der Waals surface area contributed by atoms with E-state index in [2.05, 4.69) is 18.3 Å². The first-order valence-electron chi connectivity index (χ1n) is 12.8. The fraction of sp³-hybridized carbons (Fsp3) is 0.517. The summed E-state index contributed by atoms with van der Waals surface area (Å²) in [5, 5.41) is 12.8. The van der Waals surface area contributed by atoms with Crippen molar-refractivity contribution in [3.8, 4) is 5.75 Å². The van der Waals surface area contributed by atoms with Gasteiger partial charge < -0.3 is 10.4 Å². The van der Waals surface area contributed by atoms with E-state index in [-0.39, 0.29) is 17.1 Å². The first kappa shape index (κ1) is 23.1. The Bertz CT molecular complexity index is 1080. The summed E-state index contributed by atoms with van der Waals surface area (Å²) in [6, 6.07) is 11.4. The van der Waals surface area contributed by atoms with Gasteiger partial charge in [0.25, 0.3) is 5.91 Å². The minimum Gasteiger partial charge on any atom is -0.508 e. The molecule has 0 heterocycles. The van der Waals surface area contributed by atoms with Crippen molar-refractivity contribution in [2.75, 3.05) is 6.54 Å². The van der Waals surface area contributed by atoms with Gasteiger partial charge in [-0.3, -0.25) is 9.59 Å². The first-order valence-corrected chi connectivity index (χ1v) is 12.8. The second-order valence-corrected chi connectivity index (χ2v) is 10.8. The van der Waals surface area contributed by atoms with E-state index in [1.807, 2.05) is 12.1 Å². The summed E-state index contributed by atoms with van der Waals surface area (Å²) in [4.78, 5) is 25.4. The first-order chi connectivity index (χ1) is 16.4. The minimum atomic E-state index is -0.348. The highest BCUT2D eigenvalue weighted by Gasteiger charge is 2.58. The molecule has 2 N–H and O–H groups in total. The summed E-state index contributed by atoms with van der Waals surface area (Å²) in [7, 11) is 0. The van der Waals surface area contributed by atoms with Crippen LogP contribution in [0, 0.1) is 29.0 Å². The van der Waals surface area contributed by atoms with Crippen LogP contribution in [0.5, 0.6) is 5.75 Å². The molecule has 5 rings (SSSR count). The van der Waals surface area contributed by atoms with E-state index in [4.69, 9.17) is 0 Å². The Morgan fingerprint density at radius 2 is 1.94 bits per heavy atom. The number of unbranched alkanes of at least 4 members (excludes halogenated alkanes) is 1. The third kappa shape index (κ3) is 4.14. The number of rotatable bonds is 6. The highest BCUT2D eigenvalue weighted by atomic mass is 19.1. The van der Waals surface area contributed by atoms with Crippen LogP contribution in [0.1, 0.15) is 79.3 Å². The predicted molar refractivity (Wildman–Crippen MR) is 129 cm³/mol. The molecule has 2 fully saturated rings. The third-order valence-electron chi connectivity index (χ3n) is 8.95. The molecule has 0 aromatic heterocycles. The Kier molecular flexibility index (Phi) is 6.22. The largest absolute Gasteiger partial charge is 0.508 e. The highest BCUT2D eigenvalue weighted by molar-refractivity contribution is 5.94. The lowest BCUT2D eigenvalue weighted by Gasteiger charge is -2.50. The van der Waals surface area contributed by atoms with Gasteiger partial charge in [0.15, 0.2) is 0 Å². The summed E-state index contributed by atoms with van der Waals surface area (Å²) in [6.07, 6.45) is 7.66. The van der Waals surface area contributed by atoms with Gasteiger partial charge in [0.1, 0.15) is 17.3 Å². The average Bonchev–Trinajstić information content (AvgIpc) is 3.08. The molecule has 5 heteroatoms. The van der Waals surface area contributed by atoms with Gasteiger partial charge >= 0.3 is 0 Å². The Morgan fingerprint density at radius 1 is 1.15 bits per heavy atom. The number of hydrogen-bond acceptors (Lipinski definition) is 3. The number of hydrogen-bond donors (Lipinski definition) is 2. The normalized spacial score (nSPS) is 29.8. The van der Waals surface area contributed by atoms with Crippen LogP contribution in [-0.4, -0.2) is 23.3 Å². The standard InChI is InChI=1S/C29H34FNO3/c1-29-14-13-24-23-12-10-22(32)16-19(23)7-11-25(24)27(29)20(17-26(29)33)4-2-3-15-31-28(34)18-5-8-21(30)9-6-18/h5-6,8-10,12,16,20,24-25,27,32H,2-4,7,11,13-15,17H2,1H3,(H,31,34)/t20?,24?,25?,27?,29-/m1/s1. The lowest BCUT2D eigenvalue weighted by Crippen LogP contribution is -2.44. The van der Waals surface area contributed by atoms with Crippen molar-refractivity contribution in [1.29, 1.82) is 0 Å². The number of phenols is 1. The van der Waals surface area contributed by atoms with Gasteiger partial charge in [-0.15, -0.1) is 0 Å². The van der Waals surface area contributed by atoms with Crippen LogP contribution in [-0.2, 0) is 11.2 Å². The molecule has 2 saturated carbocycles. The van der Waals surface area contributed by atoms with Crippen molar-refractivity contribution in [2.24, 2.45) is 23.2 Å². The van der Waals surface area contributed by atoms with E-state index >= 15 is 0 Å². The van der Waals surface area contributed by atoms with Crippen molar-refractivity contribution in [3.05, 3.63) is 65.0 Å². The second-order valence-electron chi connectivity index (χ2n) is 10.8. The maximum atomic E-state index is 13.1. The van der Waals surface area contributed by atoms with E-state index < -0.39 is 0 Å². The number of benzene rings is 2. The zero-order valence-electron chi connectivity index (χ0n) is 19.9. The number of ketones is 1. The van der Waals surface area contributed by atoms with Crippen molar-refractivity contribution in [2.45, 2.75) is 64.2 Å². The van der Waals surface area contributed by atoms with Crippen LogP contribution in [0.25, 0.3) is 0 Å². The summed E-state index contributed by atoms with van der Waals surface area (Å²) < 4.78 is 13.1. The zero-order valence-corrected chi connectivity index (χ0v) is 19.9. The molecule has 4 unspecified atom stereocenters. The Balaban J connectivity index is 1.20. The Morgan fingerprint density at radius 3 is 2.74 bits per heavy atom. The maximum absolute atomic E-state index is 13.1. The molecule has 0 bridgehead atoms. The fourth-order valence-electron chi connectivity index (χ4n) is 7.33. The molecule has 0 spiro atoms. The molecule has 0 aliphatic heterocycles. The number of carbonyl (C=O) groups is 2. The number of halogens is 1. The molecule has 3 aliphatic rings. The summed E-state index contributed by atoms with van der Waals surface area (Å²) >= 11 is 0. The predicted octanol–water partition coefficient (Wildman–Crippen LogP) is 5.78. The van der Waals surface area contributed by atoms with Gasteiger partial charge in [-0.25, -0.2) is 4.39 Å². The molecule has 3 aliphatic carbocycles. The van der Waals surface area contributed by atoms with Crippen LogP contribution < -0.4 is 5.32 Å². The Labute approximate surface area is 201 Å². The summed E-state index contributed by atoms with van der Waals surface area (Å²) in [6.45, 7) is 2.80. The molecule has 2 aromatic rings. The SMILES string of the molecule is C[C@]12CCC3c4ccc(O)cc4CCC3C1C(CCCCNC(=O)c1ccc(F)cc1)CC2=O. The van der Waals surface area contributed by atoms with E-state index in [0.29, 0.717) is 53.7 Å². The number of nitrogens with one attached hydrogen (secondary N) is 1. The van der Waals surface area contributed by atoms with Crippen molar-refractivity contribution < 1.29 is 19.1 Å². The van der Waals surface area contributed by atoms with Crippen molar-refractivity contribution in [1.82, 2.24) is 5.32 Å². The molecular weight excluding hydrogens is 429 g/mol. The number of Topliss-reactive ketones (excluding diaryl/α,β-unsaturated/α-hetero) is 1. The molecule has 34 heavy (non-hydrogen) atoms. The lowest BCUT2D eigenvalue weighted by atomic mass is 9.54. The monoisotopic (exact) mass is 463 g/mol. The van der Waals surface area contributed by atoms with Crippen molar-refractivity contribution in [3.63, 3.8) is 0 Å². The fourth-order valence-corrected chi connectivity index (χ4v) is 7.33. The van der Waals surface area contributed by atoms with Crippen LogP contribution in [0.15, 0.2) is 42.5 Å². The Hall–Kier alpha value is -2.69. The minimum absolute atomic E-state index is 0.175. The molecule has 4 nitrogen and oxygen atoms in total. The topological polar surface area (TPSA) is 66.4 Å². The second kappa shape index (κ2) is 9.16. The smallest absolute Gasteiger partial charge is 0.251 e. The van der Waals surface area contributed by atoms with Gasteiger partial charge in [0, 0.05) is 23.9 Å². The van der Waals surface area contributed by atoms with Gasteiger partial charge in [0.2, 0.25) is 0 Å². The highest BCUT2D eigenvalue weighted by Crippen LogP contribution is 2.62. The molecule has 1 amide bonds. The van der Waals surface area contributed by atoms with Crippen LogP contribution >= 0.6 is 0 Å². The zero-order chi connectivity index (χ0) is 23.9. The number of phenolic OH excluding ortho intramolecular Hbond substituents is 1. The summed E-state index contributed by atoms with van der Waals surface area (Å²) in [5.74, 6) is 2.13. The quantitative estimate of drug-likeness (QED) is 0.534. The molecule has 5 atom stereocenters. The molecular formula is C29H34FNO3. The average molecular weight is 464 g/mol. The maximum Gasteiger partial charge on any atom is 0.251 e. The number of fused-ring (bicyclic) bond motifs is 5. The number of amides is 1. The summed E-state index contributed by atoms with van der Waals surface area (Å²) in [5.41, 5.74) is 2.94. The van der Waals surface area contributed by atoms with E-state index in [9.17, 15) is 19.1 Å². The van der Waals surface area contributed by atoms with Crippen LogP contribution in [0.2, 0.25) is 0 Å². The van der Waals surface area contributed by atoms with Gasteiger partial charge in [-0.2, -0.15) is 0 Å². The van der Waals surface area contributed by atoms with Crippen LogP contribution in [0.4, 0.5) is 4.39 Å². The van der Waals surface area contributed by atoms with E-state index in [1.165, 1.54) is 35.4 Å². The van der Waals surface area contributed by atoms with E-state index in [1.54, 1.807) is 0 Å². The van der Waals surface area contributed by atoms with Crippen LogP contribution in [0.3, 0.4) is 0 Å². The van der Waals surface area contributed by atoms with Crippen molar-refractivity contribution >= 4 is 11.7 Å². The van der Waals surface area contributed by atoms with E-state index in [0.717, 1.165) is 44.9 Å². The number of aromatic hydroxyl groups is 1. The van der Waals surface area contributed by atoms with Gasteiger partial charge in [0.05, 0.1) is 0 Å². The molecule has 0 saturated heterocycles.